The molecule has 1 nitrogen and oxygen atoms in total. The Balaban J connectivity index is 2.61. The molecule has 0 saturated heterocycles. The van der Waals surface area contributed by atoms with Gasteiger partial charge in [0.25, 0.3) is 0 Å². The first-order chi connectivity index (χ1) is 5.74. The predicted octanol–water partition coefficient (Wildman–Crippen LogP) is 3.36. The quantitative estimate of drug-likeness (QED) is 0.723. The van der Waals surface area contributed by atoms with Gasteiger partial charge in [-0.25, -0.2) is 0 Å². The van der Waals surface area contributed by atoms with E-state index in [4.69, 9.17) is 0 Å². The molecule has 1 heterocycles. The Kier molecular flexibility index (Phi) is 2.31. The van der Waals surface area contributed by atoms with E-state index in [2.05, 4.69) is 15.9 Å². The summed E-state index contributed by atoms with van der Waals surface area (Å²) in [5.41, 5.74) is 2.22. The second-order valence-corrected chi connectivity index (χ2v) is 6.06. The van der Waals surface area contributed by atoms with Crippen LogP contribution < -0.4 is 0 Å². The van der Waals surface area contributed by atoms with Crippen LogP contribution >= 0.6 is 39.0 Å². The largest absolute Gasteiger partial charge is 0.294 e. The number of halogens is 1. The Morgan fingerprint density at radius 2 is 2.25 bits per heavy atom. The maximum absolute atomic E-state index is 11.4. The highest BCUT2D eigenvalue weighted by Gasteiger charge is 2.27. The molecule has 64 valence electrons. The Hall–Kier alpha value is 0.200. The van der Waals surface area contributed by atoms with E-state index in [9.17, 15) is 4.79 Å². The molecule has 2 rings (SSSR count). The molecule has 12 heavy (non-hydrogen) atoms. The SMILES string of the molecule is CSc1sc(Br)c2c1C(=O)CC2. The fourth-order valence-electron chi connectivity index (χ4n) is 1.43. The molecular formula is C8H7BrOS2. The van der Waals surface area contributed by atoms with Crippen LogP contribution in [0.3, 0.4) is 0 Å². The summed E-state index contributed by atoms with van der Waals surface area (Å²) < 4.78 is 2.31. The van der Waals surface area contributed by atoms with Gasteiger partial charge in [-0.2, -0.15) is 0 Å². The number of rotatable bonds is 1. The van der Waals surface area contributed by atoms with Gasteiger partial charge in [-0.1, -0.05) is 0 Å². The number of hydrogen-bond donors (Lipinski definition) is 0. The van der Waals surface area contributed by atoms with Crippen molar-refractivity contribution in [3.63, 3.8) is 0 Å². The highest BCUT2D eigenvalue weighted by atomic mass is 79.9. The van der Waals surface area contributed by atoms with Crippen molar-refractivity contribution in [3.8, 4) is 0 Å². The van der Waals surface area contributed by atoms with Crippen molar-refractivity contribution < 1.29 is 4.79 Å². The molecule has 0 radical (unpaired) electrons. The third-order valence-electron chi connectivity index (χ3n) is 1.99. The molecule has 1 aliphatic carbocycles. The van der Waals surface area contributed by atoms with Crippen LogP contribution in [0.4, 0.5) is 0 Å². The highest BCUT2D eigenvalue weighted by Crippen LogP contribution is 2.42. The lowest BCUT2D eigenvalue weighted by molar-refractivity contribution is 0.0992. The summed E-state index contributed by atoms with van der Waals surface area (Å²) in [4.78, 5) is 11.4. The normalized spacial score (nSPS) is 15.3. The number of fused-ring (bicyclic) bond motifs is 1. The molecule has 0 fully saturated rings. The molecule has 1 aliphatic rings. The molecular weight excluding hydrogens is 256 g/mol. The van der Waals surface area contributed by atoms with Gasteiger partial charge >= 0.3 is 0 Å². The van der Waals surface area contributed by atoms with E-state index >= 15 is 0 Å². The number of hydrogen-bond acceptors (Lipinski definition) is 3. The lowest BCUT2D eigenvalue weighted by atomic mass is 10.2. The molecule has 0 aliphatic heterocycles. The minimum Gasteiger partial charge on any atom is -0.294 e. The van der Waals surface area contributed by atoms with Crippen LogP contribution in [0.2, 0.25) is 0 Å². The highest BCUT2D eigenvalue weighted by molar-refractivity contribution is 9.11. The molecule has 1 aromatic rings. The van der Waals surface area contributed by atoms with Gasteiger partial charge in [-0.3, -0.25) is 4.79 Å². The third kappa shape index (κ3) is 1.17. The van der Waals surface area contributed by atoms with E-state index in [1.54, 1.807) is 23.1 Å². The van der Waals surface area contributed by atoms with Gasteiger partial charge in [0.05, 0.1) is 8.00 Å². The van der Waals surface area contributed by atoms with Crippen LogP contribution in [-0.2, 0) is 6.42 Å². The summed E-state index contributed by atoms with van der Waals surface area (Å²) >= 11 is 6.84. The summed E-state index contributed by atoms with van der Waals surface area (Å²) in [7, 11) is 0. The number of carbonyl (C=O) groups is 1. The lowest BCUT2D eigenvalue weighted by Crippen LogP contribution is -1.89. The number of Topliss-reactive ketones (excluding diaryl/α,β-unsaturated/α-hetero) is 1. The number of thiophene rings is 1. The second kappa shape index (κ2) is 3.16. The van der Waals surface area contributed by atoms with Crippen molar-refractivity contribution >= 4 is 44.8 Å². The Morgan fingerprint density at radius 3 is 2.92 bits per heavy atom. The van der Waals surface area contributed by atoms with E-state index in [0.29, 0.717) is 12.2 Å². The molecule has 0 saturated carbocycles. The van der Waals surface area contributed by atoms with Crippen LogP contribution in [-0.4, -0.2) is 12.0 Å². The van der Waals surface area contributed by atoms with Crippen molar-refractivity contribution in [2.45, 2.75) is 17.1 Å². The summed E-state index contributed by atoms with van der Waals surface area (Å²) in [5, 5.41) is 0. The van der Waals surface area contributed by atoms with Gasteiger partial charge in [-0.05, 0) is 34.2 Å². The number of ketones is 1. The molecule has 4 heteroatoms. The molecule has 0 amide bonds. The van der Waals surface area contributed by atoms with Gasteiger partial charge in [0.1, 0.15) is 0 Å². The Bertz CT molecular complexity index is 343. The zero-order valence-corrected chi connectivity index (χ0v) is 9.74. The van der Waals surface area contributed by atoms with Crippen molar-refractivity contribution in [2.24, 2.45) is 0 Å². The van der Waals surface area contributed by atoms with Crippen LogP contribution in [0, 0.1) is 0 Å². The van der Waals surface area contributed by atoms with E-state index in [1.165, 1.54) is 9.77 Å². The minimum atomic E-state index is 0.316. The van der Waals surface area contributed by atoms with Crippen LogP contribution in [0.5, 0.6) is 0 Å². The molecule has 0 unspecified atom stereocenters. The molecule has 1 aromatic heterocycles. The molecule has 0 N–H and O–H groups in total. The molecule has 0 spiro atoms. The fourth-order valence-corrected chi connectivity index (χ4v) is 4.49. The standard InChI is InChI=1S/C8H7BrOS2/c1-11-8-6-4(7(9)12-8)2-3-5(6)10/h2-3H2,1H3. The first kappa shape index (κ1) is 8.78. The fraction of sp³-hybridized carbons (Fsp3) is 0.375. The number of carbonyl (C=O) groups excluding carboxylic acids is 1. The van der Waals surface area contributed by atoms with Crippen molar-refractivity contribution in [2.75, 3.05) is 6.26 Å². The molecule has 0 aromatic carbocycles. The van der Waals surface area contributed by atoms with Crippen LogP contribution in [0.15, 0.2) is 8.00 Å². The Morgan fingerprint density at radius 1 is 1.50 bits per heavy atom. The van der Waals surface area contributed by atoms with E-state index in [-0.39, 0.29) is 0 Å². The van der Waals surface area contributed by atoms with Gasteiger partial charge in [0.15, 0.2) is 5.78 Å². The summed E-state index contributed by atoms with van der Waals surface area (Å²) in [6.45, 7) is 0. The van der Waals surface area contributed by atoms with Crippen LogP contribution in [0.25, 0.3) is 0 Å². The Labute approximate surface area is 87.7 Å². The van der Waals surface area contributed by atoms with Gasteiger partial charge < -0.3 is 0 Å². The predicted molar refractivity (Wildman–Crippen MR) is 56.5 cm³/mol. The zero-order chi connectivity index (χ0) is 8.72. The third-order valence-corrected chi connectivity index (χ3v) is 5.10. The van der Waals surface area contributed by atoms with E-state index in [1.807, 2.05) is 6.26 Å². The average molecular weight is 263 g/mol. The summed E-state index contributed by atoms with van der Waals surface area (Å²) in [5.74, 6) is 0.316. The first-order valence-corrected chi connectivity index (χ1v) is 6.46. The topological polar surface area (TPSA) is 17.1 Å². The van der Waals surface area contributed by atoms with Crippen molar-refractivity contribution in [3.05, 3.63) is 14.9 Å². The van der Waals surface area contributed by atoms with Crippen molar-refractivity contribution in [1.29, 1.82) is 0 Å². The first-order valence-electron chi connectivity index (χ1n) is 3.62. The number of thioether (sulfide) groups is 1. The van der Waals surface area contributed by atoms with Gasteiger partial charge in [0, 0.05) is 12.0 Å². The second-order valence-electron chi connectivity index (χ2n) is 2.64. The van der Waals surface area contributed by atoms with E-state index in [0.717, 1.165) is 15.8 Å². The summed E-state index contributed by atoms with van der Waals surface area (Å²) in [6, 6.07) is 0. The monoisotopic (exact) mass is 262 g/mol. The van der Waals surface area contributed by atoms with Crippen molar-refractivity contribution in [1.82, 2.24) is 0 Å². The van der Waals surface area contributed by atoms with Gasteiger partial charge in [-0.15, -0.1) is 23.1 Å². The average Bonchev–Trinajstić information content (AvgIpc) is 2.56. The molecule has 0 bridgehead atoms. The maximum atomic E-state index is 11.4. The molecule has 0 atom stereocenters. The van der Waals surface area contributed by atoms with E-state index < -0.39 is 0 Å². The zero-order valence-electron chi connectivity index (χ0n) is 6.52. The van der Waals surface area contributed by atoms with Crippen LogP contribution in [0.1, 0.15) is 22.3 Å². The lowest BCUT2D eigenvalue weighted by Gasteiger charge is -1.91. The van der Waals surface area contributed by atoms with Gasteiger partial charge in [0.2, 0.25) is 0 Å². The smallest absolute Gasteiger partial charge is 0.165 e. The maximum Gasteiger partial charge on any atom is 0.165 e. The summed E-state index contributed by atoms with van der Waals surface area (Å²) in [6.07, 6.45) is 3.64. The minimum absolute atomic E-state index is 0.316.